The summed E-state index contributed by atoms with van der Waals surface area (Å²) in [6.45, 7) is 1.54. The molecule has 1 atom stereocenters. The monoisotopic (exact) mass is 266 g/mol. The Morgan fingerprint density at radius 1 is 1.58 bits per heavy atom. The molecule has 0 spiro atoms. The summed E-state index contributed by atoms with van der Waals surface area (Å²) in [6.07, 6.45) is 3.64. The molecule has 2 heterocycles. The van der Waals surface area contributed by atoms with E-state index in [1.54, 1.807) is 0 Å². The number of carbonyl (C=O) groups excluding carboxylic acids is 2. The summed E-state index contributed by atoms with van der Waals surface area (Å²) in [4.78, 5) is 28.5. The Balaban J connectivity index is 1.74. The minimum atomic E-state index is -0.459. The number of aromatic amines is 1. The van der Waals surface area contributed by atoms with Crippen molar-refractivity contribution in [2.75, 3.05) is 19.6 Å². The van der Waals surface area contributed by atoms with Crippen molar-refractivity contribution in [3.05, 3.63) is 12.2 Å². The molecule has 1 aliphatic heterocycles. The number of rotatable bonds is 4. The van der Waals surface area contributed by atoms with Crippen LogP contribution in [0.4, 0.5) is 4.79 Å². The molecule has 19 heavy (non-hydrogen) atoms. The largest absolute Gasteiger partial charge is 0.355 e. The maximum atomic E-state index is 12.0. The number of nitrogens with zero attached hydrogens (tertiary/aromatic N) is 3. The topological polar surface area (TPSA) is 117 Å². The van der Waals surface area contributed by atoms with Crippen molar-refractivity contribution in [1.29, 1.82) is 0 Å². The summed E-state index contributed by atoms with van der Waals surface area (Å²) in [5, 5.41) is 9.31. The molecular weight excluding hydrogens is 248 g/mol. The minimum Gasteiger partial charge on any atom is -0.355 e. The van der Waals surface area contributed by atoms with Crippen LogP contribution < -0.4 is 11.1 Å². The summed E-state index contributed by atoms with van der Waals surface area (Å²) in [5.74, 6) is 0.532. The van der Waals surface area contributed by atoms with E-state index in [0.29, 0.717) is 26.1 Å². The Morgan fingerprint density at radius 2 is 2.42 bits per heavy atom. The van der Waals surface area contributed by atoms with Gasteiger partial charge in [0.1, 0.15) is 12.2 Å². The van der Waals surface area contributed by atoms with Crippen LogP contribution in [-0.4, -0.2) is 51.7 Å². The van der Waals surface area contributed by atoms with Crippen LogP contribution >= 0.6 is 0 Å². The van der Waals surface area contributed by atoms with Crippen molar-refractivity contribution in [2.24, 2.45) is 11.7 Å². The molecule has 8 heteroatoms. The number of primary amides is 1. The van der Waals surface area contributed by atoms with Crippen LogP contribution in [0.25, 0.3) is 0 Å². The maximum absolute atomic E-state index is 12.0. The molecule has 0 aliphatic carbocycles. The van der Waals surface area contributed by atoms with Crippen LogP contribution in [0.15, 0.2) is 6.33 Å². The summed E-state index contributed by atoms with van der Waals surface area (Å²) in [5.41, 5.74) is 5.23. The van der Waals surface area contributed by atoms with Crippen molar-refractivity contribution >= 4 is 11.9 Å². The van der Waals surface area contributed by atoms with E-state index in [1.165, 1.54) is 11.2 Å². The SMILES string of the molecule is NC(=O)N1CCCC(C(=O)NCCc2ncn[nH]2)C1. The Kier molecular flexibility index (Phi) is 4.32. The highest BCUT2D eigenvalue weighted by molar-refractivity contribution is 5.80. The van der Waals surface area contributed by atoms with Gasteiger partial charge in [-0.1, -0.05) is 0 Å². The first-order valence-corrected chi connectivity index (χ1v) is 6.33. The average molecular weight is 266 g/mol. The Morgan fingerprint density at radius 3 is 3.11 bits per heavy atom. The highest BCUT2D eigenvalue weighted by Gasteiger charge is 2.27. The quantitative estimate of drug-likeness (QED) is 0.665. The molecule has 1 aliphatic rings. The van der Waals surface area contributed by atoms with Crippen LogP contribution in [0.1, 0.15) is 18.7 Å². The molecule has 2 rings (SSSR count). The smallest absolute Gasteiger partial charge is 0.314 e. The zero-order chi connectivity index (χ0) is 13.7. The molecule has 0 aromatic carbocycles. The van der Waals surface area contributed by atoms with E-state index >= 15 is 0 Å². The van der Waals surface area contributed by atoms with E-state index in [9.17, 15) is 9.59 Å². The van der Waals surface area contributed by atoms with Gasteiger partial charge in [0, 0.05) is 26.1 Å². The Bertz CT molecular complexity index is 432. The molecule has 8 nitrogen and oxygen atoms in total. The van der Waals surface area contributed by atoms with Crippen LogP contribution in [0.5, 0.6) is 0 Å². The second-order valence-electron chi connectivity index (χ2n) is 4.60. The van der Waals surface area contributed by atoms with Crippen molar-refractivity contribution < 1.29 is 9.59 Å². The van der Waals surface area contributed by atoms with Crippen LogP contribution in [0.3, 0.4) is 0 Å². The first-order chi connectivity index (χ1) is 9.16. The third kappa shape index (κ3) is 3.67. The summed E-state index contributed by atoms with van der Waals surface area (Å²) >= 11 is 0. The normalized spacial score (nSPS) is 19.2. The molecule has 1 aromatic rings. The van der Waals surface area contributed by atoms with Crippen LogP contribution in [0, 0.1) is 5.92 Å². The number of piperidine rings is 1. The number of urea groups is 1. The van der Waals surface area contributed by atoms with Gasteiger partial charge in [0.25, 0.3) is 0 Å². The van der Waals surface area contributed by atoms with E-state index in [4.69, 9.17) is 5.73 Å². The number of aromatic nitrogens is 3. The number of nitrogens with two attached hydrogens (primary N) is 1. The summed E-state index contributed by atoms with van der Waals surface area (Å²) in [7, 11) is 0. The number of hydrogen-bond donors (Lipinski definition) is 3. The van der Waals surface area contributed by atoms with E-state index in [1.807, 2.05) is 0 Å². The molecule has 104 valence electrons. The van der Waals surface area contributed by atoms with Crippen molar-refractivity contribution in [1.82, 2.24) is 25.4 Å². The fourth-order valence-electron chi connectivity index (χ4n) is 2.19. The third-order valence-electron chi connectivity index (χ3n) is 3.23. The van der Waals surface area contributed by atoms with Gasteiger partial charge in [0.15, 0.2) is 0 Å². The second-order valence-corrected chi connectivity index (χ2v) is 4.60. The van der Waals surface area contributed by atoms with Gasteiger partial charge in [0.2, 0.25) is 5.91 Å². The van der Waals surface area contributed by atoms with Crippen LogP contribution in [0.2, 0.25) is 0 Å². The number of amides is 3. The highest BCUT2D eigenvalue weighted by Crippen LogP contribution is 2.16. The van der Waals surface area contributed by atoms with Gasteiger partial charge < -0.3 is 16.0 Å². The van der Waals surface area contributed by atoms with Gasteiger partial charge in [-0.15, -0.1) is 0 Å². The van der Waals surface area contributed by atoms with Gasteiger partial charge in [0.05, 0.1) is 5.92 Å². The number of H-pyrrole nitrogens is 1. The molecule has 1 unspecified atom stereocenters. The molecule has 3 amide bonds. The lowest BCUT2D eigenvalue weighted by atomic mass is 9.97. The van der Waals surface area contributed by atoms with Gasteiger partial charge in [-0.3, -0.25) is 9.89 Å². The van der Waals surface area contributed by atoms with Gasteiger partial charge in [-0.05, 0) is 12.8 Å². The fraction of sp³-hybridized carbons (Fsp3) is 0.636. The third-order valence-corrected chi connectivity index (χ3v) is 3.23. The second kappa shape index (κ2) is 6.17. The molecule has 0 saturated carbocycles. The molecule has 0 radical (unpaired) electrons. The van der Waals surface area contributed by atoms with E-state index in [-0.39, 0.29) is 11.8 Å². The van der Waals surface area contributed by atoms with Crippen molar-refractivity contribution in [3.63, 3.8) is 0 Å². The van der Waals surface area contributed by atoms with Crippen molar-refractivity contribution in [3.8, 4) is 0 Å². The minimum absolute atomic E-state index is 0.0366. The zero-order valence-electron chi connectivity index (χ0n) is 10.6. The first kappa shape index (κ1) is 13.3. The predicted molar refractivity (Wildman–Crippen MR) is 67.0 cm³/mol. The molecule has 1 aromatic heterocycles. The van der Waals surface area contributed by atoms with Gasteiger partial charge >= 0.3 is 6.03 Å². The van der Waals surface area contributed by atoms with Gasteiger partial charge in [-0.2, -0.15) is 5.10 Å². The highest BCUT2D eigenvalue weighted by atomic mass is 16.2. The number of likely N-dealkylation sites (tertiary alicyclic amines) is 1. The lowest BCUT2D eigenvalue weighted by Gasteiger charge is -2.30. The predicted octanol–water partition coefficient (Wildman–Crippen LogP) is -0.746. The zero-order valence-corrected chi connectivity index (χ0v) is 10.6. The average Bonchev–Trinajstić information content (AvgIpc) is 2.92. The van der Waals surface area contributed by atoms with E-state index in [0.717, 1.165) is 18.7 Å². The lowest BCUT2D eigenvalue weighted by Crippen LogP contribution is -2.47. The van der Waals surface area contributed by atoms with Crippen molar-refractivity contribution in [2.45, 2.75) is 19.3 Å². The Labute approximate surface area is 110 Å². The number of nitrogens with one attached hydrogen (secondary N) is 2. The van der Waals surface area contributed by atoms with E-state index < -0.39 is 6.03 Å². The molecule has 4 N–H and O–H groups in total. The first-order valence-electron chi connectivity index (χ1n) is 6.33. The summed E-state index contributed by atoms with van der Waals surface area (Å²) < 4.78 is 0. The molecule has 1 saturated heterocycles. The number of carbonyl (C=O) groups is 2. The van der Waals surface area contributed by atoms with Crippen LogP contribution in [-0.2, 0) is 11.2 Å². The fourth-order valence-corrected chi connectivity index (χ4v) is 2.19. The lowest BCUT2D eigenvalue weighted by molar-refractivity contribution is -0.126. The molecule has 0 bridgehead atoms. The van der Waals surface area contributed by atoms with Gasteiger partial charge in [-0.25, -0.2) is 9.78 Å². The molecular formula is C11H18N6O2. The maximum Gasteiger partial charge on any atom is 0.314 e. The number of hydrogen-bond acceptors (Lipinski definition) is 4. The molecule has 1 fully saturated rings. The standard InChI is InChI=1S/C11H18N6O2/c12-11(19)17-5-1-2-8(6-17)10(18)13-4-3-9-14-7-15-16-9/h7-8H,1-6H2,(H2,12,19)(H,13,18)(H,14,15,16). The summed E-state index contributed by atoms with van der Waals surface area (Å²) in [6, 6.07) is -0.459. The Hall–Kier alpha value is -2.12. The van der Waals surface area contributed by atoms with E-state index in [2.05, 4.69) is 20.5 Å².